The largest absolute Gasteiger partial charge is 0.480 e. The van der Waals surface area contributed by atoms with Crippen LogP contribution in [-0.2, 0) is 4.79 Å². The van der Waals surface area contributed by atoms with Gasteiger partial charge in [-0.25, -0.2) is 9.59 Å². The van der Waals surface area contributed by atoms with Crippen LogP contribution in [0.3, 0.4) is 0 Å². The van der Waals surface area contributed by atoms with Crippen LogP contribution in [0.1, 0.15) is 46.0 Å². The van der Waals surface area contributed by atoms with E-state index in [9.17, 15) is 9.59 Å². The van der Waals surface area contributed by atoms with Crippen LogP contribution in [0.2, 0.25) is 0 Å². The highest BCUT2D eigenvalue weighted by atomic mass is 16.4. The number of hydrogen-bond donors (Lipinski definition) is 3. The van der Waals surface area contributed by atoms with E-state index in [-0.39, 0.29) is 18.0 Å². The second kappa shape index (κ2) is 5.80. The van der Waals surface area contributed by atoms with Crippen LogP contribution in [0.25, 0.3) is 0 Å². The van der Waals surface area contributed by atoms with Gasteiger partial charge in [-0.2, -0.15) is 0 Å². The van der Waals surface area contributed by atoms with Gasteiger partial charge in [0, 0.05) is 6.04 Å². The van der Waals surface area contributed by atoms with Crippen molar-refractivity contribution in [1.29, 1.82) is 0 Å². The molecule has 2 saturated carbocycles. The van der Waals surface area contributed by atoms with E-state index in [4.69, 9.17) is 5.11 Å². The third-order valence-electron chi connectivity index (χ3n) is 4.82. The van der Waals surface area contributed by atoms with Gasteiger partial charge in [0.1, 0.15) is 6.04 Å². The summed E-state index contributed by atoms with van der Waals surface area (Å²) in [7, 11) is 0. The van der Waals surface area contributed by atoms with Crippen LogP contribution in [0.4, 0.5) is 4.79 Å². The molecule has 3 N–H and O–H groups in total. The number of hydrogen-bond acceptors (Lipinski definition) is 2. The summed E-state index contributed by atoms with van der Waals surface area (Å²) in [4.78, 5) is 23.1. The normalized spacial score (nSPS) is 31.8. The molecule has 5 atom stereocenters. The second-order valence-corrected chi connectivity index (χ2v) is 6.10. The first-order valence-corrected chi connectivity index (χ1v) is 7.31. The second-order valence-electron chi connectivity index (χ2n) is 6.10. The SMILES string of the molecule is CCC(C)C(NC(=O)NC1CC2CCC1C2)C(=O)O. The average molecular weight is 268 g/mol. The van der Waals surface area contributed by atoms with Crippen LogP contribution in [-0.4, -0.2) is 29.2 Å². The fourth-order valence-corrected chi connectivity index (χ4v) is 3.46. The number of amides is 2. The molecular formula is C14H24N2O3. The molecule has 2 aliphatic carbocycles. The Kier molecular flexibility index (Phi) is 4.32. The summed E-state index contributed by atoms with van der Waals surface area (Å²) in [5.74, 6) is 0.337. The van der Waals surface area contributed by atoms with Gasteiger partial charge >= 0.3 is 12.0 Å². The Morgan fingerprint density at radius 3 is 2.53 bits per heavy atom. The van der Waals surface area contributed by atoms with Crippen molar-refractivity contribution in [2.75, 3.05) is 0 Å². The molecule has 0 aromatic rings. The number of aliphatic carboxylic acids is 1. The minimum atomic E-state index is -0.961. The van der Waals surface area contributed by atoms with Crippen LogP contribution < -0.4 is 10.6 Å². The highest BCUT2D eigenvalue weighted by Crippen LogP contribution is 2.44. The number of nitrogens with one attached hydrogen (secondary N) is 2. The van der Waals surface area contributed by atoms with Gasteiger partial charge in [0.05, 0.1) is 0 Å². The molecule has 0 aromatic heterocycles. The van der Waals surface area contributed by atoms with E-state index in [0.29, 0.717) is 5.92 Å². The standard InChI is InChI=1S/C14H24N2O3/c1-3-8(2)12(13(17)18)16-14(19)15-11-7-9-4-5-10(11)6-9/h8-12H,3-7H2,1-2H3,(H,17,18)(H2,15,16,19). The third-order valence-corrected chi connectivity index (χ3v) is 4.82. The van der Waals surface area contributed by atoms with Gasteiger partial charge in [0.2, 0.25) is 0 Å². The number of rotatable bonds is 5. The molecule has 0 radical (unpaired) electrons. The summed E-state index contributed by atoms with van der Waals surface area (Å²) in [6.07, 6.45) is 5.49. The van der Waals surface area contributed by atoms with E-state index in [2.05, 4.69) is 10.6 Å². The Bertz CT molecular complexity index is 359. The predicted molar refractivity (Wildman–Crippen MR) is 71.8 cm³/mol. The van der Waals surface area contributed by atoms with Crippen molar-refractivity contribution in [3.05, 3.63) is 0 Å². The molecule has 2 aliphatic rings. The summed E-state index contributed by atoms with van der Waals surface area (Å²) < 4.78 is 0. The minimum Gasteiger partial charge on any atom is -0.480 e. The maximum absolute atomic E-state index is 11.9. The molecule has 0 saturated heterocycles. The first-order chi connectivity index (χ1) is 9.01. The molecular weight excluding hydrogens is 244 g/mol. The summed E-state index contributed by atoms with van der Waals surface area (Å²) in [6.45, 7) is 3.77. The monoisotopic (exact) mass is 268 g/mol. The van der Waals surface area contributed by atoms with E-state index in [0.717, 1.165) is 18.8 Å². The van der Waals surface area contributed by atoms with Crippen molar-refractivity contribution < 1.29 is 14.7 Å². The molecule has 2 fully saturated rings. The fraction of sp³-hybridized carbons (Fsp3) is 0.857. The quantitative estimate of drug-likeness (QED) is 0.713. The molecule has 19 heavy (non-hydrogen) atoms. The molecule has 0 aromatic carbocycles. The predicted octanol–water partition coefficient (Wildman–Crippen LogP) is 1.97. The molecule has 108 valence electrons. The number of carboxylic acid groups (broad SMARTS) is 1. The van der Waals surface area contributed by atoms with Gasteiger partial charge in [-0.3, -0.25) is 0 Å². The Labute approximate surface area is 114 Å². The fourth-order valence-electron chi connectivity index (χ4n) is 3.46. The first-order valence-electron chi connectivity index (χ1n) is 7.31. The van der Waals surface area contributed by atoms with E-state index in [1.165, 1.54) is 19.3 Å². The molecule has 0 heterocycles. The zero-order valence-corrected chi connectivity index (χ0v) is 11.7. The van der Waals surface area contributed by atoms with Gasteiger partial charge < -0.3 is 15.7 Å². The van der Waals surface area contributed by atoms with Crippen molar-refractivity contribution in [3.8, 4) is 0 Å². The maximum Gasteiger partial charge on any atom is 0.326 e. The van der Waals surface area contributed by atoms with Gasteiger partial charge in [0.15, 0.2) is 0 Å². The number of urea groups is 1. The van der Waals surface area contributed by atoms with Gasteiger partial charge in [0.25, 0.3) is 0 Å². The van der Waals surface area contributed by atoms with Crippen molar-refractivity contribution in [2.45, 2.75) is 58.0 Å². The van der Waals surface area contributed by atoms with Crippen molar-refractivity contribution in [1.82, 2.24) is 10.6 Å². The molecule has 0 spiro atoms. The number of fused-ring (bicyclic) bond motifs is 2. The first kappa shape index (κ1) is 14.2. The Balaban J connectivity index is 1.84. The van der Waals surface area contributed by atoms with Crippen LogP contribution in [0, 0.1) is 17.8 Å². The van der Waals surface area contributed by atoms with Crippen molar-refractivity contribution in [2.24, 2.45) is 17.8 Å². The number of carbonyl (C=O) groups excluding carboxylic acids is 1. The Hall–Kier alpha value is -1.26. The van der Waals surface area contributed by atoms with E-state index in [1.807, 2.05) is 13.8 Å². The minimum absolute atomic E-state index is 0.0664. The lowest BCUT2D eigenvalue weighted by Crippen LogP contribution is -2.52. The van der Waals surface area contributed by atoms with E-state index < -0.39 is 12.0 Å². The molecule has 2 amide bonds. The maximum atomic E-state index is 11.9. The summed E-state index contributed by atoms with van der Waals surface area (Å²) in [5, 5.41) is 14.7. The Morgan fingerprint density at radius 2 is 2.05 bits per heavy atom. The van der Waals surface area contributed by atoms with Crippen molar-refractivity contribution >= 4 is 12.0 Å². The topological polar surface area (TPSA) is 78.4 Å². The molecule has 5 nitrogen and oxygen atoms in total. The lowest BCUT2D eigenvalue weighted by molar-refractivity contribution is -0.140. The Morgan fingerprint density at radius 1 is 1.32 bits per heavy atom. The highest BCUT2D eigenvalue weighted by molar-refractivity contribution is 5.82. The van der Waals surface area contributed by atoms with Gasteiger partial charge in [-0.1, -0.05) is 26.7 Å². The third kappa shape index (κ3) is 3.19. The summed E-state index contributed by atoms with van der Waals surface area (Å²) >= 11 is 0. The molecule has 0 aliphatic heterocycles. The lowest BCUT2D eigenvalue weighted by atomic mass is 9.95. The highest BCUT2D eigenvalue weighted by Gasteiger charge is 2.40. The molecule has 2 bridgehead atoms. The van der Waals surface area contributed by atoms with Gasteiger partial charge in [-0.05, 0) is 37.0 Å². The van der Waals surface area contributed by atoms with Crippen LogP contribution in [0.5, 0.6) is 0 Å². The van der Waals surface area contributed by atoms with E-state index >= 15 is 0 Å². The smallest absolute Gasteiger partial charge is 0.326 e. The van der Waals surface area contributed by atoms with Gasteiger partial charge in [-0.15, -0.1) is 0 Å². The molecule has 2 rings (SSSR count). The lowest BCUT2D eigenvalue weighted by Gasteiger charge is -2.25. The number of carboxylic acids is 1. The molecule has 5 heteroatoms. The average Bonchev–Trinajstić information content (AvgIpc) is 2.96. The number of carbonyl (C=O) groups is 2. The van der Waals surface area contributed by atoms with E-state index in [1.54, 1.807) is 0 Å². The summed E-state index contributed by atoms with van der Waals surface area (Å²) in [6, 6.07) is -0.890. The van der Waals surface area contributed by atoms with Crippen molar-refractivity contribution in [3.63, 3.8) is 0 Å². The zero-order valence-electron chi connectivity index (χ0n) is 11.7. The molecule has 5 unspecified atom stereocenters. The van der Waals surface area contributed by atoms with Crippen LogP contribution >= 0.6 is 0 Å². The zero-order chi connectivity index (χ0) is 14.0. The van der Waals surface area contributed by atoms with Crippen LogP contribution in [0.15, 0.2) is 0 Å². The summed E-state index contributed by atoms with van der Waals surface area (Å²) in [5.41, 5.74) is 0.